The molecule has 1 atom stereocenters. The van der Waals surface area contributed by atoms with Crippen molar-refractivity contribution in [3.05, 3.63) is 11.5 Å². The lowest BCUT2D eigenvalue weighted by Crippen LogP contribution is -2.23. The number of rotatable bonds is 5. The Kier molecular flexibility index (Phi) is 5.62. The Balaban J connectivity index is 4.90. The van der Waals surface area contributed by atoms with Gasteiger partial charge in [-0.15, -0.1) is 0 Å². The van der Waals surface area contributed by atoms with Crippen LogP contribution in [-0.4, -0.2) is 0 Å². The molecule has 0 aliphatic heterocycles. The van der Waals surface area contributed by atoms with Crippen molar-refractivity contribution in [1.82, 2.24) is 0 Å². The van der Waals surface area contributed by atoms with Gasteiger partial charge < -0.3 is 10.6 Å². The van der Waals surface area contributed by atoms with Gasteiger partial charge in [0.15, 0.2) is 0 Å². The highest BCUT2D eigenvalue weighted by Crippen LogP contribution is 2.25. The van der Waals surface area contributed by atoms with Crippen LogP contribution in [0.4, 0.5) is 0 Å². The fourth-order valence-corrected chi connectivity index (χ4v) is 1.77. The van der Waals surface area contributed by atoms with Crippen molar-refractivity contribution in [2.45, 2.75) is 41.0 Å². The van der Waals surface area contributed by atoms with Gasteiger partial charge in [0, 0.05) is 11.8 Å². The molecule has 0 spiro atoms. The summed E-state index contributed by atoms with van der Waals surface area (Å²) in [4.78, 5) is 4.86. The van der Waals surface area contributed by atoms with Crippen LogP contribution in [0.25, 0.3) is 0 Å². The normalized spacial score (nSPS) is 15.7. The van der Waals surface area contributed by atoms with E-state index >= 15 is 0 Å². The van der Waals surface area contributed by atoms with Gasteiger partial charge in [0.05, 0.1) is 5.70 Å². The molecule has 0 aromatic heterocycles. The maximum Gasteiger partial charge on any atom is 0.145 e. The molecule has 1 unspecified atom stereocenters. The summed E-state index contributed by atoms with van der Waals surface area (Å²) in [5, 5.41) is 0. The highest BCUT2D eigenvalue weighted by molar-refractivity contribution is 5.10. The molecule has 0 rings (SSSR count). The summed E-state index contributed by atoms with van der Waals surface area (Å²) < 4.78 is 0. The fraction of sp³-hybridized carbons (Fsp3) is 0.818. The Morgan fingerprint density at radius 1 is 1.21 bits per heavy atom. The molecule has 3 nitrogen and oxygen atoms in total. The monoisotopic (exact) mass is 200 g/mol. The average molecular weight is 200 g/mol. The van der Waals surface area contributed by atoms with Gasteiger partial charge in [-0.2, -0.15) is 5.90 Å². The minimum absolute atomic E-state index is 0.243. The first-order valence-corrected chi connectivity index (χ1v) is 5.31. The summed E-state index contributed by atoms with van der Waals surface area (Å²) in [6, 6.07) is 0. The van der Waals surface area contributed by atoms with E-state index in [0.29, 0.717) is 11.8 Å². The maximum absolute atomic E-state index is 6.06. The Morgan fingerprint density at radius 3 is 1.93 bits per heavy atom. The minimum atomic E-state index is 0.243. The maximum atomic E-state index is 6.06. The summed E-state index contributed by atoms with van der Waals surface area (Å²) in [7, 11) is 0. The van der Waals surface area contributed by atoms with Gasteiger partial charge in [-0.3, -0.25) is 0 Å². The van der Waals surface area contributed by atoms with E-state index < -0.39 is 0 Å². The molecule has 0 aliphatic carbocycles. The number of nitrogens with two attached hydrogens (primary N) is 2. The molecule has 84 valence electrons. The molecule has 0 saturated carbocycles. The summed E-state index contributed by atoms with van der Waals surface area (Å²) >= 11 is 0. The van der Waals surface area contributed by atoms with Crippen LogP contribution in [0.15, 0.2) is 11.5 Å². The molecule has 3 heteroatoms. The Bertz CT molecular complexity index is 197. The minimum Gasteiger partial charge on any atom is -0.414 e. The van der Waals surface area contributed by atoms with Crippen LogP contribution in [0.2, 0.25) is 0 Å². The Morgan fingerprint density at radius 2 is 1.71 bits per heavy atom. The molecular formula is C11H24N2O. The van der Waals surface area contributed by atoms with E-state index in [-0.39, 0.29) is 5.92 Å². The average Bonchev–Trinajstić information content (AvgIpc) is 2.04. The Labute approximate surface area is 87.4 Å². The highest BCUT2D eigenvalue weighted by atomic mass is 16.6. The smallest absolute Gasteiger partial charge is 0.145 e. The third-order valence-corrected chi connectivity index (χ3v) is 2.58. The van der Waals surface area contributed by atoms with E-state index in [1.807, 2.05) is 13.8 Å². The van der Waals surface area contributed by atoms with Crippen molar-refractivity contribution in [3.63, 3.8) is 0 Å². The molecule has 0 fully saturated rings. The lowest BCUT2D eigenvalue weighted by Gasteiger charge is -2.23. The van der Waals surface area contributed by atoms with Gasteiger partial charge in [-0.1, -0.05) is 34.6 Å². The van der Waals surface area contributed by atoms with Crippen molar-refractivity contribution < 1.29 is 4.84 Å². The first kappa shape index (κ1) is 13.3. The number of hydrogen-bond donors (Lipinski definition) is 2. The van der Waals surface area contributed by atoms with Crippen molar-refractivity contribution >= 4 is 0 Å². The van der Waals surface area contributed by atoms with Crippen molar-refractivity contribution in [3.8, 4) is 0 Å². The van der Waals surface area contributed by atoms with Crippen molar-refractivity contribution in [1.29, 1.82) is 0 Å². The zero-order valence-electron chi connectivity index (χ0n) is 10.0. The number of allylic oxidation sites excluding steroid dienone is 2. The molecule has 14 heavy (non-hydrogen) atoms. The third kappa shape index (κ3) is 3.22. The van der Waals surface area contributed by atoms with E-state index in [9.17, 15) is 0 Å². The summed E-state index contributed by atoms with van der Waals surface area (Å²) in [5.74, 6) is 7.07. The van der Waals surface area contributed by atoms with Crippen LogP contribution < -0.4 is 11.6 Å². The van der Waals surface area contributed by atoms with E-state index in [4.69, 9.17) is 16.5 Å². The quantitative estimate of drug-likeness (QED) is 0.529. The molecule has 0 heterocycles. The lowest BCUT2D eigenvalue weighted by atomic mass is 9.88. The van der Waals surface area contributed by atoms with Crippen molar-refractivity contribution in [2.24, 2.45) is 29.4 Å². The van der Waals surface area contributed by atoms with Gasteiger partial charge >= 0.3 is 0 Å². The molecule has 0 aliphatic rings. The predicted octanol–water partition coefficient (Wildman–Crippen LogP) is 2.39. The van der Waals surface area contributed by atoms with Gasteiger partial charge in [-0.25, -0.2) is 0 Å². The second-order valence-electron chi connectivity index (χ2n) is 4.35. The Hall–Kier alpha value is -0.700. The molecule has 0 saturated heterocycles. The van der Waals surface area contributed by atoms with Gasteiger partial charge in [0.25, 0.3) is 0 Å². The topological polar surface area (TPSA) is 61.3 Å². The van der Waals surface area contributed by atoms with Crippen LogP contribution in [0.1, 0.15) is 41.0 Å². The van der Waals surface area contributed by atoms with E-state index in [0.717, 1.165) is 17.9 Å². The van der Waals surface area contributed by atoms with Crippen LogP contribution in [0, 0.1) is 17.8 Å². The standard InChI is InChI=1S/C11H24N2O/c1-6-9(7(2)3)10(12)11(14-13)8(4)5/h7-9H,6,12-13H2,1-5H3/b11-10+. The molecule has 0 aromatic carbocycles. The van der Waals surface area contributed by atoms with Gasteiger partial charge in [0.1, 0.15) is 5.76 Å². The SMILES string of the molecule is CCC(/C(N)=C(\ON)C(C)C)C(C)C. The largest absolute Gasteiger partial charge is 0.414 e. The summed E-state index contributed by atoms with van der Waals surface area (Å²) in [6.45, 7) is 10.5. The van der Waals surface area contributed by atoms with Crippen LogP contribution in [0.3, 0.4) is 0 Å². The zero-order chi connectivity index (χ0) is 11.3. The fourth-order valence-electron chi connectivity index (χ4n) is 1.77. The van der Waals surface area contributed by atoms with Crippen LogP contribution in [-0.2, 0) is 4.84 Å². The predicted molar refractivity (Wildman–Crippen MR) is 59.9 cm³/mol. The molecule has 0 amide bonds. The molecular weight excluding hydrogens is 176 g/mol. The molecule has 0 bridgehead atoms. The van der Waals surface area contributed by atoms with E-state index in [2.05, 4.69) is 20.8 Å². The second kappa shape index (κ2) is 5.91. The third-order valence-electron chi connectivity index (χ3n) is 2.58. The van der Waals surface area contributed by atoms with Crippen LogP contribution >= 0.6 is 0 Å². The highest BCUT2D eigenvalue weighted by Gasteiger charge is 2.20. The van der Waals surface area contributed by atoms with Gasteiger partial charge in [0.2, 0.25) is 0 Å². The molecule has 4 N–H and O–H groups in total. The first-order chi connectivity index (χ1) is 6.45. The number of hydrogen-bond acceptors (Lipinski definition) is 3. The summed E-state index contributed by atoms with van der Waals surface area (Å²) in [5.41, 5.74) is 6.87. The van der Waals surface area contributed by atoms with Crippen LogP contribution in [0.5, 0.6) is 0 Å². The van der Waals surface area contributed by atoms with E-state index in [1.165, 1.54) is 0 Å². The summed E-state index contributed by atoms with van der Waals surface area (Å²) in [6.07, 6.45) is 1.02. The molecule has 0 aromatic rings. The lowest BCUT2D eigenvalue weighted by molar-refractivity contribution is 0.180. The van der Waals surface area contributed by atoms with Gasteiger partial charge in [-0.05, 0) is 12.3 Å². The van der Waals surface area contributed by atoms with Crippen molar-refractivity contribution in [2.75, 3.05) is 0 Å². The zero-order valence-corrected chi connectivity index (χ0v) is 10.0. The first-order valence-electron chi connectivity index (χ1n) is 5.31. The second-order valence-corrected chi connectivity index (χ2v) is 4.35. The molecule has 0 radical (unpaired) electrons. The van der Waals surface area contributed by atoms with E-state index in [1.54, 1.807) is 0 Å².